The Balaban J connectivity index is 1.95. The lowest BCUT2D eigenvalue weighted by molar-refractivity contribution is 0.0698. The molecule has 21 heavy (non-hydrogen) atoms. The fourth-order valence-electron chi connectivity index (χ4n) is 3.57. The van der Waals surface area contributed by atoms with Crippen molar-refractivity contribution in [1.82, 2.24) is 4.90 Å². The van der Waals surface area contributed by atoms with Crippen LogP contribution < -0.4 is 0 Å². The Hall–Kier alpha value is -1.39. The number of likely N-dealkylation sites (tertiary alicyclic amines) is 1. The SMILES string of the molecule is CC1CC(C)CN(Cc2c(C(=O)O)sc3ccccc23)C1. The lowest BCUT2D eigenvalue weighted by atomic mass is 9.91. The number of aromatic carboxylic acids is 1. The molecule has 2 heterocycles. The molecular formula is C17H21NO2S. The molecule has 1 fully saturated rings. The number of nitrogens with zero attached hydrogens (tertiary/aromatic N) is 1. The predicted molar refractivity (Wildman–Crippen MR) is 87.0 cm³/mol. The standard InChI is InChI=1S/C17H21NO2S/c1-11-7-12(2)9-18(8-11)10-14-13-5-3-4-6-15(13)21-16(14)17(19)20/h3-6,11-12H,7-10H2,1-2H3,(H,19,20). The molecule has 112 valence electrons. The Morgan fingerprint density at radius 3 is 2.62 bits per heavy atom. The van der Waals surface area contributed by atoms with Gasteiger partial charge in [0, 0.05) is 24.3 Å². The smallest absolute Gasteiger partial charge is 0.346 e. The topological polar surface area (TPSA) is 40.5 Å². The van der Waals surface area contributed by atoms with Crippen LogP contribution in [0.4, 0.5) is 0 Å². The third-order valence-corrected chi connectivity index (χ3v) is 5.42. The molecule has 0 spiro atoms. The molecule has 2 unspecified atom stereocenters. The fraction of sp³-hybridized carbons (Fsp3) is 0.471. The zero-order valence-corrected chi connectivity index (χ0v) is 13.3. The van der Waals surface area contributed by atoms with Crippen LogP contribution in [0.2, 0.25) is 0 Å². The summed E-state index contributed by atoms with van der Waals surface area (Å²) in [5.74, 6) is 0.572. The van der Waals surface area contributed by atoms with Gasteiger partial charge in [0.15, 0.2) is 0 Å². The van der Waals surface area contributed by atoms with Crippen LogP contribution in [0.5, 0.6) is 0 Å². The monoisotopic (exact) mass is 303 g/mol. The number of carbonyl (C=O) groups is 1. The molecule has 1 aliphatic rings. The van der Waals surface area contributed by atoms with Crippen LogP contribution in [0.15, 0.2) is 24.3 Å². The number of carboxylic acids is 1. The van der Waals surface area contributed by atoms with E-state index in [2.05, 4.69) is 18.7 Å². The summed E-state index contributed by atoms with van der Waals surface area (Å²) in [4.78, 5) is 14.5. The zero-order valence-electron chi connectivity index (χ0n) is 12.5. The Bertz CT molecular complexity index is 654. The third kappa shape index (κ3) is 2.97. The molecule has 0 aliphatic carbocycles. The minimum Gasteiger partial charge on any atom is -0.477 e. The average Bonchev–Trinajstić information content (AvgIpc) is 2.77. The van der Waals surface area contributed by atoms with Crippen molar-refractivity contribution in [2.45, 2.75) is 26.8 Å². The van der Waals surface area contributed by atoms with E-state index in [1.807, 2.05) is 24.3 Å². The van der Waals surface area contributed by atoms with Crippen molar-refractivity contribution < 1.29 is 9.90 Å². The molecule has 1 aromatic carbocycles. The fourth-order valence-corrected chi connectivity index (χ4v) is 4.63. The average molecular weight is 303 g/mol. The summed E-state index contributed by atoms with van der Waals surface area (Å²) in [6, 6.07) is 8.02. The van der Waals surface area contributed by atoms with E-state index in [4.69, 9.17) is 0 Å². The molecule has 2 atom stereocenters. The highest BCUT2D eigenvalue weighted by Crippen LogP contribution is 2.33. The van der Waals surface area contributed by atoms with Gasteiger partial charge in [0.05, 0.1) is 0 Å². The largest absolute Gasteiger partial charge is 0.477 e. The molecule has 3 rings (SSSR count). The number of benzene rings is 1. The lowest BCUT2D eigenvalue weighted by Crippen LogP contribution is -2.38. The molecule has 0 bridgehead atoms. The van der Waals surface area contributed by atoms with Gasteiger partial charge in [-0.15, -0.1) is 11.3 Å². The molecule has 3 nitrogen and oxygen atoms in total. The second-order valence-electron chi connectivity index (χ2n) is 6.35. The highest BCUT2D eigenvalue weighted by atomic mass is 32.1. The normalized spacial score (nSPS) is 23.5. The number of piperidine rings is 1. The van der Waals surface area contributed by atoms with Gasteiger partial charge < -0.3 is 5.11 Å². The molecule has 0 amide bonds. The summed E-state index contributed by atoms with van der Waals surface area (Å²) in [6.07, 6.45) is 1.27. The summed E-state index contributed by atoms with van der Waals surface area (Å²) < 4.78 is 1.07. The zero-order chi connectivity index (χ0) is 15.0. The molecule has 1 N–H and O–H groups in total. The van der Waals surface area contributed by atoms with Crippen molar-refractivity contribution >= 4 is 27.4 Å². The van der Waals surface area contributed by atoms with Crippen molar-refractivity contribution in [1.29, 1.82) is 0 Å². The predicted octanol–water partition coefficient (Wildman–Crippen LogP) is 4.08. The summed E-state index contributed by atoms with van der Waals surface area (Å²) in [5.41, 5.74) is 0.990. The van der Waals surface area contributed by atoms with Gasteiger partial charge in [0.25, 0.3) is 0 Å². The van der Waals surface area contributed by atoms with Gasteiger partial charge in [-0.3, -0.25) is 4.90 Å². The Morgan fingerprint density at radius 2 is 1.95 bits per heavy atom. The van der Waals surface area contributed by atoms with Crippen LogP contribution in [-0.4, -0.2) is 29.1 Å². The number of hydrogen-bond acceptors (Lipinski definition) is 3. The van der Waals surface area contributed by atoms with E-state index in [-0.39, 0.29) is 0 Å². The van der Waals surface area contributed by atoms with Gasteiger partial charge in [-0.25, -0.2) is 4.79 Å². The van der Waals surface area contributed by atoms with E-state index in [9.17, 15) is 9.90 Å². The van der Waals surface area contributed by atoms with Crippen molar-refractivity contribution in [2.24, 2.45) is 11.8 Å². The number of carboxylic acid groups (broad SMARTS) is 1. The molecular weight excluding hydrogens is 282 g/mol. The first-order chi connectivity index (χ1) is 10.0. The van der Waals surface area contributed by atoms with Crippen molar-refractivity contribution in [3.05, 3.63) is 34.7 Å². The highest BCUT2D eigenvalue weighted by Gasteiger charge is 2.25. The second-order valence-corrected chi connectivity index (χ2v) is 7.40. The van der Waals surface area contributed by atoms with Gasteiger partial charge >= 0.3 is 5.97 Å². The maximum Gasteiger partial charge on any atom is 0.346 e. The van der Waals surface area contributed by atoms with E-state index in [0.29, 0.717) is 16.7 Å². The van der Waals surface area contributed by atoms with Crippen LogP contribution >= 0.6 is 11.3 Å². The Morgan fingerprint density at radius 1 is 1.29 bits per heavy atom. The van der Waals surface area contributed by atoms with Crippen LogP contribution in [0.1, 0.15) is 35.5 Å². The van der Waals surface area contributed by atoms with Crippen LogP contribution in [-0.2, 0) is 6.54 Å². The highest BCUT2D eigenvalue weighted by molar-refractivity contribution is 7.21. The third-order valence-electron chi connectivity index (χ3n) is 4.22. The maximum atomic E-state index is 11.6. The summed E-state index contributed by atoms with van der Waals surface area (Å²) >= 11 is 1.40. The molecule has 0 saturated carbocycles. The number of thiophene rings is 1. The molecule has 1 aliphatic heterocycles. The van der Waals surface area contributed by atoms with Crippen LogP contribution in [0.3, 0.4) is 0 Å². The summed E-state index contributed by atoms with van der Waals surface area (Å²) in [7, 11) is 0. The maximum absolute atomic E-state index is 11.6. The van der Waals surface area contributed by atoms with E-state index >= 15 is 0 Å². The molecule has 1 saturated heterocycles. The van der Waals surface area contributed by atoms with Crippen molar-refractivity contribution in [3.63, 3.8) is 0 Å². The molecule has 2 aromatic rings. The number of hydrogen-bond donors (Lipinski definition) is 1. The number of fused-ring (bicyclic) bond motifs is 1. The van der Waals surface area contributed by atoms with E-state index in [0.717, 1.165) is 35.3 Å². The summed E-state index contributed by atoms with van der Waals surface area (Å²) in [6.45, 7) is 7.44. The first-order valence-electron chi connectivity index (χ1n) is 7.50. The first-order valence-corrected chi connectivity index (χ1v) is 8.32. The van der Waals surface area contributed by atoms with Crippen LogP contribution in [0, 0.1) is 11.8 Å². The molecule has 0 radical (unpaired) electrons. The van der Waals surface area contributed by atoms with Gasteiger partial charge in [0.1, 0.15) is 4.88 Å². The van der Waals surface area contributed by atoms with Crippen molar-refractivity contribution in [3.8, 4) is 0 Å². The first kappa shape index (κ1) is 14.5. The Labute approximate surface area is 129 Å². The van der Waals surface area contributed by atoms with Gasteiger partial charge in [-0.05, 0) is 35.3 Å². The Kier molecular flexibility index (Phi) is 4.00. The van der Waals surface area contributed by atoms with Gasteiger partial charge in [-0.1, -0.05) is 32.0 Å². The second kappa shape index (κ2) is 5.78. The molecule has 1 aromatic heterocycles. The van der Waals surface area contributed by atoms with Crippen molar-refractivity contribution in [2.75, 3.05) is 13.1 Å². The molecule has 4 heteroatoms. The van der Waals surface area contributed by atoms with E-state index in [1.54, 1.807) is 0 Å². The lowest BCUT2D eigenvalue weighted by Gasteiger charge is -2.35. The number of rotatable bonds is 3. The van der Waals surface area contributed by atoms with E-state index in [1.165, 1.54) is 17.8 Å². The van der Waals surface area contributed by atoms with Gasteiger partial charge in [-0.2, -0.15) is 0 Å². The van der Waals surface area contributed by atoms with Gasteiger partial charge in [0.2, 0.25) is 0 Å². The summed E-state index contributed by atoms with van der Waals surface area (Å²) in [5, 5.41) is 10.6. The quantitative estimate of drug-likeness (QED) is 0.929. The minimum absolute atomic E-state index is 0.502. The minimum atomic E-state index is -0.802. The van der Waals surface area contributed by atoms with E-state index < -0.39 is 5.97 Å². The van der Waals surface area contributed by atoms with Crippen LogP contribution in [0.25, 0.3) is 10.1 Å².